The highest BCUT2D eigenvalue weighted by atomic mass is 35.5. The molecule has 10 heteroatoms. The summed E-state index contributed by atoms with van der Waals surface area (Å²) in [6, 6.07) is 15.6. The SMILES string of the molecule is Cl.Cl.O=S(=O)(c1ccccc1F)N1CCN([C@H]2CN(Cc3ccccc3)C[C@@H]2O)CC1. The van der Waals surface area contributed by atoms with Gasteiger partial charge in [0.25, 0.3) is 0 Å². The summed E-state index contributed by atoms with van der Waals surface area (Å²) in [4.78, 5) is 4.11. The van der Waals surface area contributed by atoms with E-state index < -0.39 is 21.9 Å². The van der Waals surface area contributed by atoms with Gasteiger partial charge in [-0.3, -0.25) is 9.80 Å². The van der Waals surface area contributed by atoms with E-state index in [4.69, 9.17) is 0 Å². The first kappa shape index (κ1) is 26.0. The number of β-amino-alcohol motifs (C(OH)–C–C–N with tert-alkyl or cyclic N) is 1. The maximum absolute atomic E-state index is 14.0. The fourth-order valence-electron chi connectivity index (χ4n) is 4.25. The minimum atomic E-state index is -3.85. The summed E-state index contributed by atoms with van der Waals surface area (Å²) in [5.74, 6) is -0.724. The maximum atomic E-state index is 14.0. The van der Waals surface area contributed by atoms with Crippen molar-refractivity contribution in [3.8, 4) is 0 Å². The Balaban J connectivity index is 0.00000171. The molecular weight excluding hydrogens is 464 g/mol. The summed E-state index contributed by atoms with van der Waals surface area (Å²) in [7, 11) is -3.85. The van der Waals surface area contributed by atoms with Crippen molar-refractivity contribution >= 4 is 34.8 Å². The quantitative estimate of drug-likeness (QED) is 0.694. The first-order valence-corrected chi connectivity index (χ1v) is 11.3. The van der Waals surface area contributed by atoms with E-state index in [2.05, 4.69) is 21.9 Å². The van der Waals surface area contributed by atoms with Crippen LogP contribution in [-0.4, -0.2) is 79.0 Å². The third kappa shape index (κ3) is 5.76. The van der Waals surface area contributed by atoms with E-state index >= 15 is 0 Å². The van der Waals surface area contributed by atoms with Gasteiger partial charge in [-0.2, -0.15) is 4.31 Å². The molecule has 2 aromatic carbocycles. The van der Waals surface area contributed by atoms with Crippen LogP contribution in [0.3, 0.4) is 0 Å². The molecule has 2 fully saturated rings. The van der Waals surface area contributed by atoms with Crippen LogP contribution in [0, 0.1) is 5.82 Å². The topological polar surface area (TPSA) is 64.1 Å². The zero-order chi connectivity index (χ0) is 20.4. The number of hydrogen-bond acceptors (Lipinski definition) is 5. The minimum absolute atomic E-state index is 0. The van der Waals surface area contributed by atoms with Crippen molar-refractivity contribution in [1.82, 2.24) is 14.1 Å². The van der Waals surface area contributed by atoms with E-state index in [0.717, 1.165) is 13.1 Å². The van der Waals surface area contributed by atoms with Crippen molar-refractivity contribution in [3.63, 3.8) is 0 Å². The van der Waals surface area contributed by atoms with E-state index in [0.29, 0.717) is 32.7 Å². The molecule has 2 heterocycles. The Morgan fingerprint density at radius 1 is 0.903 bits per heavy atom. The van der Waals surface area contributed by atoms with Crippen LogP contribution < -0.4 is 0 Å². The smallest absolute Gasteiger partial charge is 0.246 e. The van der Waals surface area contributed by atoms with Crippen LogP contribution in [0.5, 0.6) is 0 Å². The Labute approximate surface area is 195 Å². The van der Waals surface area contributed by atoms with Gasteiger partial charge >= 0.3 is 0 Å². The highest BCUT2D eigenvalue weighted by molar-refractivity contribution is 7.89. The molecular formula is C21H28Cl2FN3O3S. The minimum Gasteiger partial charge on any atom is -0.390 e. The molecule has 2 aromatic rings. The monoisotopic (exact) mass is 491 g/mol. The number of halogens is 3. The summed E-state index contributed by atoms with van der Waals surface area (Å²) >= 11 is 0. The van der Waals surface area contributed by atoms with Gasteiger partial charge in [0, 0.05) is 51.9 Å². The molecule has 172 valence electrons. The number of aliphatic hydroxyl groups excluding tert-OH is 1. The normalized spacial score (nSPS) is 23.2. The lowest BCUT2D eigenvalue weighted by molar-refractivity contribution is 0.0618. The van der Waals surface area contributed by atoms with Crippen molar-refractivity contribution < 1.29 is 17.9 Å². The van der Waals surface area contributed by atoms with E-state index in [1.54, 1.807) is 0 Å². The molecule has 0 aromatic heterocycles. The molecule has 2 saturated heterocycles. The first-order valence-electron chi connectivity index (χ1n) is 9.88. The molecule has 31 heavy (non-hydrogen) atoms. The molecule has 2 atom stereocenters. The summed E-state index contributed by atoms with van der Waals surface area (Å²) in [6.45, 7) is 3.76. The zero-order valence-corrected chi connectivity index (χ0v) is 19.5. The maximum Gasteiger partial charge on any atom is 0.246 e. The standard InChI is InChI=1S/C21H26FN3O3S.2ClH/c22-18-8-4-5-9-21(18)29(27,28)25-12-10-24(11-13-25)19-15-23(16-20(19)26)14-17-6-2-1-3-7-17;;/h1-9,19-20,26H,10-16H2;2*1H/t19-,20-;;/m0../s1. The summed E-state index contributed by atoms with van der Waals surface area (Å²) in [5, 5.41) is 10.6. The van der Waals surface area contributed by atoms with Gasteiger partial charge in [0.1, 0.15) is 10.7 Å². The Kier molecular flexibility index (Phi) is 9.27. The van der Waals surface area contributed by atoms with E-state index in [1.807, 2.05) is 18.2 Å². The van der Waals surface area contributed by atoms with Crippen molar-refractivity contribution in [3.05, 3.63) is 66.0 Å². The predicted octanol–water partition coefficient (Wildman–Crippen LogP) is 2.22. The second kappa shape index (κ2) is 11.0. The molecule has 0 amide bonds. The number of hydrogen-bond donors (Lipinski definition) is 1. The summed E-state index contributed by atoms with van der Waals surface area (Å²) < 4.78 is 40.9. The molecule has 0 spiro atoms. The fraction of sp³-hybridized carbons (Fsp3) is 0.429. The number of aliphatic hydroxyl groups is 1. The summed E-state index contributed by atoms with van der Waals surface area (Å²) in [6.07, 6.45) is -0.464. The predicted molar refractivity (Wildman–Crippen MR) is 123 cm³/mol. The fourth-order valence-corrected chi connectivity index (χ4v) is 5.73. The molecule has 0 aliphatic carbocycles. The molecule has 6 nitrogen and oxygen atoms in total. The molecule has 0 saturated carbocycles. The number of sulfonamides is 1. The summed E-state index contributed by atoms with van der Waals surface area (Å²) in [5.41, 5.74) is 1.21. The number of piperazine rings is 1. The van der Waals surface area contributed by atoms with E-state index in [1.165, 1.54) is 34.1 Å². The van der Waals surface area contributed by atoms with Gasteiger partial charge in [0.2, 0.25) is 10.0 Å². The van der Waals surface area contributed by atoms with Crippen molar-refractivity contribution in [2.75, 3.05) is 39.3 Å². The van der Waals surface area contributed by atoms with Gasteiger partial charge in [-0.25, -0.2) is 12.8 Å². The van der Waals surface area contributed by atoms with E-state index in [-0.39, 0.29) is 35.8 Å². The number of rotatable bonds is 5. The molecule has 0 radical (unpaired) electrons. The highest BCUT2D eigenvalue weighted by Crippen LogP contribution is 2.24. The highest BCUT2D eigenvalue weighted by Gasteiger charge is 2.38. The molecule has 2 aliphatic heterocycles. The lowest BCUT2D eigenvalue weighted by Gasteiger charge is -2.38. The largest absolute Gasteiger partial charge is 0.390 e. The average molecular weight is 492 g/mol. The van der Waals surface area contributed by atoms with Crippen LogP contribution in [0.1, 0.15) is 5.56 Å². The molecule has 1 N–H and O–H groups in total. The zero-order valence-electron chi connectivity index (χ0n) is 17.0. The van der Waals surface area contributed by atoms with Crippen molar-refractivity contribution in [2.24, 2.45) is 0 Å². The Morgan fingerprint density at radius 3 is 2.16 bits per heavy atom. The van der Waals surface area contributed by atoms with Crippen LogP contribution in [0.25, 0.3) is 0 Å². The molecule has 4 rings (SSSR count). The average Bonchev–Trinajstić information content (AvgIpc) is 3.09. The number of likely N-dealkylation sites (tertiary alicyclic amines) is 1. The Bertz CT molecular complexity index is 944. The third-order valence-electron chi connectivity index (χ3n) is 5.78. The third-order valence-corrected chi connectivity index (χ3v) is 7.71. The van der Waals surface area contributed by atoms with Gasteiger partial charge < -0.3 is 5.11 Å². The lowest BCUT2D eigenvalue weighted by atomic mass is 10.1. The molecule has 0 unspecified atom stereocenters. The van der Waals surface area contributed by atoms with Crippen LogP contribution in [0.4, 0.5) is 4.39 Å². The number of benzene rings is 2. The molecule has 0 bridgehead atoms. The van der Waals surface area contributed by atoms with Crippen LogP contribution in [0.2, 0.25) is 0 Å². The van der Waals surface area contributed by atoms with Gasteiger partial charge in [-0.15, -0.1) is 24.8 Å². The van der Waals surface area contributed by atoms with Gasteiger partial charge in [-0.1, -0.05) is 42.5 Å². The van der Waals surface area contributed by atoms with E-state index in [9.17, 15) is 17.9 Å². The van der Waals surface area contributed by atoms with Gasteiger partial charge in [0.05, 0.1) is 6.10 Å². The number of nitrogens with zero attached hydrogens (tertiary/aromatic N) is 3. The van der Waals surface area contributed by atoms with Crippen molar-refractivity contribution in [1.29, 1.82) is 0 Å². The second-order valence-corrected chi connectivity index (χ2v) is 9.59. The van der Waals surface area contributed by atoms with Crippen LogP contribution in [0.15, 0.2) is 59.5 Å². The lowest BCUT2D eigenvalue weighted by Crippen LogP contribution is -2.54. The molecule has 2 aliphatic rings. The van der Waals surface area contributed by atoms with Crippen LogP contribution in [-0.2, 0) is 16.6 Å². The Hall–Kier alpha value is -1.26. The van der Waals surface area contributed by atoms with Crippen LogP contribution >= 0.6 is 24.8 Å². The second-order valence-electron chi connectivity index (χ2n) is 7.68. The first-order chi connectivity index (χ1) is 13.9. The van der Waals surface area contributed by atoms with Gasteiger partial charge in [0.15, 0.2) is 0 Å². The Morgan fingerprint density at radius 2 is 1.52 bits per heavy atom. The van der Waals surface area contributed by atoms with Crippen molar-refractivity contribution in [2.45, 2.75) is 23.6 Å². The van der Waals surface area contributed by atoms with Gasteiger partial charge in [-0.05, 0) is 17.7 Å².